The predicted molar refractivity (Wildman–Crippen MR) is 74.2 cm³/mol. The van der Waals surface area contributed by atoms with E-state index in [1.165, 1.54) is 0 Å². The Kier molecular flexibility index (Phi) is 4.71. The molecule has 5 nitrogen and oxygen atoms in total. The number of hydrogen-bond donors (Lipinski definition) is 0. The summed E-state index contributed by atoms with van der Waals surface area (Å²) >= 11 is 0. The number of aromatic nitrogens is 1. The Labute approximate surface area is 118 Å². The van der Waals surface area contributed by atoms with Gasteiger partial charge in [0.05, 0.1) is 12.5 Å². The minimum Gasteiger partial charge on any atom is -0.466 e. The van der Waals surface area contributed by atoms with Crippen LogP contribution in [0.5, 0.6) is 0 Å². The predicted octanol–water partition coefficient (Wildman–Crippen LogP) is 1.81. The van der Waals surface area contributed by atoms with E-state index in [1.807, 2.05) is 19.1 Å². The molecule has 1 saturated heterocycles. The average Bonchev–Trinajstić information content (AvgIpc) is 2.47. The van der Waals surface area contributed by atoms with Gasteiger partial charge in [0.1, 0.15) is 5.69 Å². The molecular formula is C15H20N2O3. The fourth-order valence-corrected chi connectivity index (χ4v) is 2.44. The third-order valence-electron chi connectivity index (χ3n) is 3.44. The van der Waals surface area contributed by atoms with E-state index in [9.17, 15) is 9.59 Å². The average molecular weight is 276 g/mol. The highest BCUT2D eigenvalue weighted by Gasteiger charge is 2.30. The van der Waals surface area contributed by atoms with E-state index >= 15 is 0 Å². The summed E-state index contributed by atoms with van der Waals surface area (Å²) in [5, 5.41) is 0. The molecular weight excluding hydrogens is 256 g/mol. The number of ether oxygens (including phenoxy) is 1. The van der Waals surface area contributed by atoms with Crippen LogP contribution < -0.4 is 0 Å². The number of hydrogen-bond acceptors (Lipinski definition) is 4. The molecule has 20 heavy (non-hydrogen) atoms. The van der Waals surface area contributed by atoms with Gasteiger partial charge < -0.3 is 9.64 Å². The Hall–Kier alpha value is -1.91. The quantitative estimate of drug-likeness (QED) is 0.790. The lowest BCUT2D eigenvalue weighted by atomic mass is 9.98. The molecule has 5 heteroatoms. The first-order valence-electron chi connectivity index (χ1n) is 7.01. The minimum atomic E-state index is -0.211. The Balaban J connectivity index is 2.05. The Morgan fingerprint density at radius 3 is 2.95 bits per heavy atom. The number of likely N-dealkylation sites (tertiary alicyclic amines) is 1. The van der Waals surface area contributed by atoms with Gasteiger partial charge in [0, 0.05) is 18.8 Å². The van der Waals surface area contributed by atoms with Crippen molar-refractivity contribution in [3.63, 3.8) is 0 Å². The van der Waals surface area contributed by atoms with Crippen LogP contribution in [0, 0.1) is 12.8 Å². The van der Waals surface area contributed by atoms with E-state index in [2.05, 4.69) is 4.98 Å². The molecule has 0 saturated carbocycles. The molecule has 0 N–H and O–H groups in total. The topological polar surface area (TPSA) is 59.5 Å². The van der Waals surface area contributed by atoms with Gasteiger partial charge in [0.2, 0.25) is 0 Å². The maximum Gasteiger partial charge on any atom is 0.310 e. The van der Waals surface area contributed by atoms with Gasteiger partial charge in [0.25, 0.3) is 5.91 Å². The fourth-order valence-electron chi connectivity index (χ4n) is 2.44. The van der Waals surface area contributed by atoms with E-state index in [4.69, 9.17) is 4.74 Å². The molecule has 0 aromatic carbocycles. The summed E-state index contributed by atoms with van der Waals surface area (Å²) in [4.78, 5) is 30.1. The van der Waals surface area contributed by atoms with Crippen LogP contribution >= 0.6 is 0 Å². The van der Waals surface area contributed by atoms with E-state index in [0.29, 0.717) is 25.4 Å². The number of rotatable bonds is 3. The van der Waals surface area contributed by atoms with Gasteiger partial charge in [-0.3, -0.25) is 9.59 Å². The van der Waals surface area contributed by atoms with Crippen molar-refractivity contribution in [3.8, 4) is 0 Å². The minimum absolute atomic E-state index is 0.109. The molecule has 0 unspecified atom stereocenters. The zero-order valence-corrected chi connectivity index (χ0v) is 12.0. The first-order valence-corrected chi connectivity index (χ1v) is 7.01. The lowest BCUT2D eigenvalue weighted by Gasteiger charge is -2.31. The lowest BCUT2D eigenvalue weighted by Crippen LogP contribution is -2.43. The van der Waals surface area contributed by atoms with Crippen molar-refractivity contribution in [3.05, 3.63) is 29.6 Å². The molecule has 1 amide bonds. The van der Waals surface area contributed by atoms with Crippen molar-refractivity contribution in [2.24, 2.45) is 5.92 Å². The van der Waals surface area contributed by atoms with Gasteiger partial charge in [-0.1, -0.05) is 6.07 Å². The molecule has 1 aliphatic rings. The summed E-state index contributed by atoms with van der Waals surface area (Å²) in [5.74, 6) is -0.526. The van der Waals surface area contributed by atoms with Gasteiger partial charge >= 0.3 is 5.97 Å². The van der Waals surface area contributed by atoms with Gasteiger partial charge in [-0.2, -0.15) is 0 Å². The number of carbonyl (C=O) groups excluding carboxylic acids is 2. The van der Waals surface area contributed by atoms with Gasteiger partial charge in [-0.25, -0.2) is 4.98 Å². The van der Waals surface area contributed by atoms with E-state index in [-0.39, 0.29) is 17.8 Å². The molecule has 1 aliphatic heterocycles. The molecule has 0 aliphatic carbocycles. The number of pyridine rings is 1. The van der Waals surface area contributed by atoms with Gasteiger partial charge in [-0.05, 0) is 38.8 Å². The lowest BCUT2D eigenvalue weighted by molar-refractivity contribution is -0.149. The summed E-state index contributed by atoms with van der Waals surface area (Å²) in [6, 6.07) is 5.39. The Bertz CT molecular complexity index is 502. The van der Waals surface area contributed by atoms with E-state index in [0.717, 1.165) is 18.5 Å². The van der Waals surface area contributed by atoms with Crippen molar-refractivity contribution in [1.82, 2.24) is 9.88 Å². The standard InChI is InChI=1S/C15H20N2O3/c1-3-20-15(19)12-7-5-9-17(10-12)14(18)13-8-4-6-11(2)16-13/h4,6,8,12H,3,5,7,9-10H2,1-2H3/t12-/m1/s1. The number of aryl methyl sites for hydroxylation is 1. The summed E-state index contributed by atoms with van der Waals surface area (Å²) in [5.41, 5.74) is 1.25. The summed E-state index contributed by atoms with van der Waals surface area (Å²) < 4.78 is 5.04. The zero-order valence-electron chi connectivity index (χ0n) is 12.0. The first kappa shape index (κ1) is 14.5. The second-order valence-electron chi connectivity index (χ2n) is 5.01. The van der Waals surface area contributed by atoms with Gasteiger partial charge in [-0.15, -0.1) is 0 Å². The van der Waals surface area contributed by atoms with Gasteiger partial charge in [0.15, 0.2) is 0 Å². The smallest absolute Gasteiger partial charge is 0.310 e. The Morgan fingerprint density at radius 1 is 1.45 bits per heavy atom. The van der Waals surface area contributed by atoms with Crippen molar-refractivity contribution in [1.29, 1.82) is 0 Å². The van der Waals surface area contributed by atoms with Crippen LogP contribution in [-0.2, 0) is 9.53 Å². The molecule has 0 radical (unpaired) electrons. The molecule has 0 bridgehead atoms. The van der Waals surface area contributed by atoms with Crippen molar-refractivity contribution >= 4 is 11.9 Å². The molecule has 2 rings (SSSR count). The Morgan fingerprint density at radius 2 is 2.25 bits per heavy atom. The molecule has 108 valence electrons. The third-order valence-corrected chi connectivity index (χ3v) is 3.44. The maximum atomic E-state index is 12.4. The van der Waals surface area contributed by atoms with Crippen molar-refractivity contribution in [2.75, 3.05) is 19.7 Å². The highest BCUT2D eigenvalue weighted by molar-refractivity contribution is 5.92. The van der Waals surface area contributed by atoms with E-state index < -0.39 is 0 Å². The number of esters is 1. The monoisotopic (exact) mass is 276 g/mol. The summed E-state index contributed by atoms with van der Waals surface area (Å²) in [6.07, 6.45) is 1.60. The molecule has 0 spiro atoms. The van der Waals surface area contributed by atoms with Crippen LogP contribution in [0.1, 0.15) is 35.9 Å². The number of amides is 1. The summed E-state index contributed by atoms with van der Waals surface area (Å²) in [6.45, 7) is 5.12. The van der Waals surface area contributed by atoms with Crippen LogP contribution in [0.25, 0.3) is 0 Å². The second kappa shape index (κ2) is 6.50. The van der Waals surface area contributed by atoms with Crippen LogP contribution in [0.15, 0.2) is 18.2 Å². The van der Waals surface area contributed by atoms with Crippen LogP contribution in [0.4, 0.5) is 0 Å². The summed E-state index contributed by atoms with van der Waals surface area (Å²) in [7, 11) is 0. The molecule has 1 atom stereocenters. The van der Waals surface area contributed by atoms with Crippen LogP contribution in [0.3, 0.4) is 0 Å². The molecule has 1 fully saturated rings. The number of nitrogens with zero attached hydrogens (tertiary/aromatic N) is 2. The zero-order chi connectivity index (χ0) is 14.5. The molecule has 2 heterocycles. The first-order chi connectivity index (χ1) is 9.61. The highest BCUT2D eigenvalue weighted by Crippen LogP contribution is 2.19. The van der Waals surface area contributed by atoms with Crippen LogP contribution in [0.2, 0.25) is 0 Å². The second-order valence-corrected chi connectivity index (χ2v) is 5.01. The highest BCUT2D eigenvalue weighted by atomic mass is 16.5. The SMILES string of the molecule is CCOC(=O)[C@@H]1CCCN(C(=O)c2cccc(C)n2)C1. The third kappa shape index (κ3) is 3.35. The molecule has 1 aromatic heterocycles. The number of piperidine rings is 1. The van der Waals surface area contributed by atoms with E-state index in [1.54, 1.807) is 17.9 Å². The number of carbonyl (C=O) groups is 2. The largest absolute Gasteiger partial charge is 0.466 e. The van der Waals surface area contributed by atoms with Crippen molar-refractivity contribution < 1.29 is 14.3 Å². The maximum absolute atomic E-state index is 12.4. The fraction of sp³-hybridized carbons (Fsp3) is 0.533. The normalized spacial score (nSPS) is 18.7. The van der Waals surface area contributed by atoms with Crippen molar-refractivity contribution in [2.45, 2.75) is 26.7 Å². The van der Waals surface area contributed by atoms with Crippen LogP contribution in [-0.4, -0.2) is 41.5 Å². The molecule has 1 aromatic rings.